The molecule has 0 bridgehead atoms. The van der Waals surface area contributed by atoms with Gasteiger partial charge in [0.1, 0.15) is 5.75 Å². The van der Waals surface area contributed by atoms with Crippen molar-refractivity contribution in [3.63, 3.8) is 0 Å². The molecule has 1 aromatic rings. The summed E-state index contributed by atoms with van der Waals surface area (Å²) in [7, 11) is 1.52. The van der Waals surface area contributed by atoms with Crippen LogP contribution in [0.25, 0.3) is 0 Å². The van der Waals surface area contributed by atoms with Gasteiger partial charge in [0.25, 0.3) is 5.69 Å². The van der Waals surface area contributed by atoms with E-state index in [1.54, 1.807) is 19.1 Å². The highest BCUT2D eigenvalue weighted by Gasteiger charge is 2.19. The Kier molecular flexibility index (Phi) is 3.06. The molecule has 0 aliphatic carbocycles. The third-order valence-electron chi connectivity index (χ3n) is 2.20. The predicted molar refractivity (Wildman–Crippen MR) is 53.8 cm³/mol. The van der Waals surface area contributed by atoms with E-state index >= 15 is 0 Å². The molecule has 0 radical (unpaired) electrons. The van der Waals surface area contributed by atoms with Gasteiger partial charge in [-0.1, -0.05) is 6.92 Å². The standard InChI is InChI=1S/C10H13NO3/c1-4-8-9(14-3)6-5-7(2)10(8)11(12)13/h5-6H,4H2,1-3H3. The average molecular weight is 195 g/mol. The molecule has 0 aliphatic rings. The van der Waals surface area contributed by atoms with Gasteiger partial charge in [0.15, 0.2) is 0 Å². The molecule has 0 aromatic heterocycles. The van der Waals surface area contributed by atoms with Crippen LogP contribution in [0.15, 0.2) is 12.1 Å². The monoisotopic (exact) mass is 195 g/mol. The maximum Gasteiger partial charge on any atom is 0.279 e. The van der Waals surface area contributed by atoms with Gasteiger partial charge >= 0.3 is 0 Å². The highest BCUT2D eigenvalue weighted by atomic mass is 16.6. The first kappa shape index (κ1) is 10.5. The maximum atomic E-state index is 10.8. The molecule has 0 saturated heterocycles. The van der Waals surface area contributed by atoms with Crippen molar-refractivity contribution in [3.05, 3.63) is 33.4 Å². The fourth-order valence-corrected chi connectivity index (χ4v) is 1.52. The van der Waals surface area contributed by atoms with E-state index in [2.05, 4.69) is 0 Å². The van der Waals surface area contributed by atoms with Crippen LogP contribution >= 0.6 is 0 Å². The lowest BCUT2D eigenvalue weighted by molar-refractivity contribution is -0.386. The van der Waals surface area contributed by atoms with Crippen LogP contribution in [0.5, 0.6) is 5.75 Å². The number of rotatable bonds is 3. The zero-order valence-electron chi connectivity index (χ0n) is 8.53. The Hall–Kier alpha value is -1.58. The minimum Gasteiger partial charge on any atom is -0.496 e. The molecular formula is C10H13NO3. The third kappa shape index (κ3) is 1.69. The number of benzene rings is 1. The summed E-state index contributed by atoms with van der Waals surface area (Å²) in [5.74, 6) is 0.588. The first-order valence-corrected chi connectivity index (χ1v) is 4.42. The summed E-state index contributed by atoms with van der Waals surface area (Å²) in [6, 6.07) is 3.47. The third-order valence-corrected chi connectivity index (χ3v) is 2.20. The lowest BCUT2D eigenvalue weighted by atomic mass is 10.1. The topological polar surface area (TPSA) is 52.4 Å². The van der Waals surface area contributed by atoms with Crippen molar-refractivity contribution in [3.8, 4) is 5.75 Å². The molecule has 0 heterocycles. The summed E-state index contributed by atoms with van der Waals surface area (Å²) in [5, 5.41) is 10.8. The Bertz CT molecular complexity index is 361. The number of methoxy groups -OCH3 is 1. The van der Waals surface area contributed by atoms with Crippen LogP contribution in [-0.2, 0) is 6.42 Å². The van der Waals surface area contributed by atoms with Gasteiger partial charge in [-0.15, -0.1) is 0 Å². The van der Waals surface area contributed by atoms with Crippen LogP contribution in [0.4, 0.5) is 5.69 Å². The molecule has 0 spiro atoms. The van der Waals surface area contributed by atoms with Crippen molar-refractivity contribution >= 4 is 5.69 Å². The van der Waals surface area contributed by atoms with E-state index in [0.717, 1.165) is 0 Å². The second-order valence-electron chi connectivity index (χ2n) is 3.02. The van der Waals surface area contributed by atoms with Gasteiger partial charge < -0.3 is 4.74 Å². The summed E-state index contributed by atoms with van der Waals surface area (Å²) in [6.45, 7) is 3.61. The number of hydrogen-bond acceptors (Lipinski definition) is 3. The Morgan fingerprint density at radius 2 is 2.14 bits per heavy atom. The van der Waals surface area contributed by atoms with Crippen molar-refractivity contribution in [2.45, 2.75) is 20.3 Å². The van der Waals surface area contributed by atoms with E-state index in [1.807, 2.05) is 6.92 Å². The SMILES string of the molecule is CCc1c(OC)ccc(C)c1[N+](=O)[O-]. The molecule has 0 amide bonds. The van der Waals surface area contributed by atoms with Gasteiger partial charge in [0.05, 0.1) is 17.6 Å². The highest BCUT2D eigenvalue weighted by Crippen LogP contribution is 2.31. The van der Waals surface area contributed by atoms with E-state index in [0.29, 0.717) is 23.3 Å². The van der Waals surface area contributed by atoms with Crippen molar-refractivity contribution < 1.29 is 9.66 Å². The van der Waals surface area contributed by atoms with Crippen LogP contribution < -0.4 is 4.74 Å². The van der Waals surface area contributed by atoms with Crippen LogP contribution in [0.1, 0.15) is 18.1 Å². The molecule has 1 aromatic carbocycles. The molecule has 0 unspecified atom stereocenters. The molecule has 4 heteroatoms. The Morgan fingerprint density at radius 1 is 1.50 bits per heavy atom. The minimum absolute atomic E-state index is 0.173. The highest BCUT2D eigenvalue weighted by molar-refractivity contribution is 5.54. The quantitative estimate of drug-likeness (QED) is 0.550. The number of ether oxygens (including phenoxy) is 1. The number of aryl methyl sites for hydroxylation is 1. The van der Waals surface area contributed by atoms with Crippen LogP contribution in [0, 0.1) is 17.0 Å². The molecule has 76 valence electrons. The molecule has 0 aliphatic heterocycles. The molecule has 0 atom stereocenters. The second-order valence-corrected chi connectivity index (χ2v) is 3.02. The van der Waals surface area contributed by atoms with E-state index in [1.165, 1.54) is 7.11 Å². The van der Waals surface area contributed by atoms with Crippen molar-refractivity contribution in [1.29, 1.82) is 0 Å². The summed E-state index contributed by atoms with van der Waals surface area (Å²) < 4.78 is 5.08. The lowest BCUT2D eigenvalue weighted by Gasteiger charge is -2.08. The normalized spacial score (nSPS) is 9.93. The molecular weight excluding hydrogens is 182 g/mol. The van der Waals surface area contributed by atoms with Crippen molar-refractivity contribution in [2.75, 3.05) is 7.11 Å². The Balaban J connectivity index is 3.42. The summed E-state index contributed by atoms with van der Waals surface area (Å²) >= 11 is 0. The number of nitrogens with zero attached hydrogens (tertiary/aromatic N) is 1. The smallest absolute Gasteiger partial charge is 0.279 e. The molecule has 14 heavy (non-hydrogen) atoms. The molecule has 0 saturated carbocycles. The molecule has 0 fully saturated rings. The summed E-state index contributed by atoms with van der Waals surface area (Å²) in [4.78, 5) is 10.5. The van der Waals surface area contributed by atoms with E-state index < -0.39 is 0 Å². The summed E-state index contributed by atoms with van der Waals surface area (Å²) in [5.41, 5.74) is 1.51. The van der Waals surface area contributed by atoms with Crippen LogP contribution in [0.3, 0.4) is 0 Å². The van der Waals surface area contributed by atoms with Gasteiger partial charge in [0, 0.05) is 5.56 Å². The van der Waals surface area contributed by atoms with Gasteiger partial charge in [-0.05, 0) is 25.5 Å². The minimum atomic E-state index is -0.351. The van der Waals surface area contributed by atoms with E-state index in [9.17, 15) is 10.1 Å². The van der Waals surface area contributed by atoms with Crippen molar-refractivity contribution in [1.82, 2.24) is 0 Å². The van der Waals surface area contributed by atoms with Crippen LogP contribution in [0.2, 0.25) is 0 Å². The van der Waals surface area contributed by atoms with E-state index in [4.69, 9.17) is 4.74 Å². The Morgan fingerprint density at radius 3 is 2.57 bits per heavy atom. The maximum absolute atomic E-state index is 10.8. The zero-order valence-corrected chi connectivity index (χ0v) is 8.53. The number of nitro benzene ring substituents is 1. The van der Waals surface area contributed by atoms with Crippen LogP contribution in [-0.4, -0.2) is 12.0 Å². The van der Waals surface area contributed by atoms with Crippen molar-refractivity contribution in [2.24, 2.45) is 0 Å². The average Bonchev–Trinajstić information content (AvgIpc) is 2.16. The van der Waals surface area contributed by atoms with E-state index in [-0.39, 0.29) is 10.6 Å². The first-order chi connectivity index (χ1) is 6.61. The number of nitro groups is 1. The van der Waals surface area contributed by atoms with Gasteiger partial charge in [-0.25, -0.2) is 0 Å². The second kappa shape index (κ2) is 4.09. The molecule has 4 nitrogen and oxygen atoms in total. The van der Waals surface area contributed by atoms with Gasteiger partial charge in [-0.2, -0.15) is 0 Å². The summed E-state index contributed by atoms with van der Waals surface area (Å²) in [6.07, 6.45) is 0.598. The predicted octanol–water partition coefficient (Wildman–Crippen LogP) is 2.47. The van der Waals surface area contributed by atoms with Gasteiger partial charge in [0.2, 0.25) is 0 Å². The number of hydrogen-bond donors (Lipinski definition) is 0. The lowest BCUT2D eigenvalue weighted by Crippen LogP contribution is -2.00. The zero-order chi connectivity index (χ0) is 10.7. The Labute approximate surface area is 82.7 Å². The van der Waals surface area contributed by atoms with Gasteiger partial charge in [-0.3, -0.25) is 10.1 Å². The molecule has 0 N–H and O–H groups in total. The fourth-order valence-electron chi connectivity index (χ4n) is 1.52. The molecule has 1 rings (SSSR count). The fraction of sp³-hybridized carbons (Fsp3) is 0.400. The largest absolute Gasteiger partial charge is 0.496 e. The first-order valence-electron chi connectivity index (χ1n) is 4.42.